The normalized spacial score (nSPS) is 11.1. The fraction of sp³-hybridized carbons (Fsp3) is 0.857. The van der Waals surface area contributed by atoms with E-state index in [2.05, 4.69) is 0 Å². The molecular formula is C7H14OS. The van der Waals surface area contributed by atoms with Crippen LogP contribution in [0, 0.1) is 5.41 Å². The second-order valence-corrected chi connectivity index (χ2v) is 3.34. The molecule has 0 saturated carbocycles. The van der Waals surface area contributed by atoms with E-state index in [0.29, 0.717) is 11.7 Å². The van der Waals surface area contributed by atoms with Gasteiger partial charge in [0, 0.05) is 5.41 Å². The van der Waals surface area contributed by atoms with E-state index in [1.165, 1.54) is 0 Å². The molecule has 0 unspecified atom stereocenters. The lowest BCUT2D eigenvalue weighted by Crippen LogP contribution is -2.20. The first-order valence-corrected chi connectivity index (χ1v) is 3.56. The zero-order valence-corrected chi connectivity index (χ0v) is 7.34. The smallest absolute Gasteiger partial charge is 0.164 e. The summed E-state index contributed by atoms with van der Waals surface area (Å²) in [5.74, 6) is 0. The van der Waals surface area contributed by atoms with Gasteiger partial charge in [-0.2, -0.15) is 0 Å². The first-order chi connectivity index (χ1) is 3.98. The Bertz CT molecular complexity index is 102. The van der Waals surface area contributed by atoms with Crippen molar-refractivity contribution in [1.29, 1.82) is 0 Å². The average molecular weight is 146 g/mol. The van der Waals surface area contributed by atoms with Crippen molar-refractivity contribution in [3.63, 3.8) is 0 Å². The van der Waals surface area contributed by atoms with Gasteiger partial charge in [0.15, 0.2) is 5.05 Å². The minimum atomic E-state index is 0.0192. The predicted molar refractivity (Wildman–Crippen MR) is 43.7 cm³/mol. The molecule has 0 aliphatic carbocycles. The lowest BCUT2D eigenvalue weighted by Gasteiger charge is -2.18. The maximum atomic E-state index is 5.14. The second kappa shape index (κ2) is 3.16. The van der Waals surface area contributed by atoms with Crippen LogP contribution in [0.25, 0.3) is 0 Å². The summed E-state index contributed by atoms with van der Waals surface area (Å²) in [6.45, 7) is 8.76. The molecule has 0 radical (unpaired) electrons. The van der Waals surface area contributed by atoms with Crippen molar-refractivity contribution >= 4 is 17.3 Å². The van der Waals surface area contributed by atoms with Crippen molar-refractivity contribution in [2.24, 2.45) is 5.41 Å². The fourth-order valence-electron chi connectivity index (χ4n) is 0.348. The lowest BCUT2D eigenvalue weighted by atomic mass is 9.98. The Morgan fingerprint density at radius 2 is 1.89 bits per heavy atom. The highest BCUT2D eigenvalue weighted by atomic mass is 32.1. The summed E-state index contributed by atoms with van der Waals surface area (Å²) in [5, 5.41) is 0.699. The molecule has 0 amide bonds. The highest BCUT2D eigenvalue weighted by Crippen LogP contribution is 2.16. The molecule has 9 heavy (non-hydrogen) atoms. The molecule has 0 bridgehead atoms. The van der Waals surface area contributed by atoms with Crippen molar-refractivity contribution in [2.75, 3.05) is 6.61 Å². The van der Waals surface area contributed by atoms with E-state index in [0.717, 1.165) is 0 Å². The van der Waals surface area contributed by atoms with Gasteiger partial charge in [-0.15, -0.1) is 0 Å². The molecule has 1 nitrogen and oxygen atoms in total. The first kappa shape index (κ1) is 8.89. The second-order valence-electron chi connectivity index (χ2n) is 2.97. The van der Waals surface area contributed by atoms with Crippen LogP contribution in [-0.4, -0.2) is 11.7 Å². The zero-order valence-electron chi connectivity index (χ0n) is 6.52. The Morgan fingerprint density at radius 1 is 1.44 bits per heavy atom. The van der Waals surface area contributed by atoms with Gasteiger partial charge in [0.05, 0.1) is 6.61 Å². The summed E-state index contributed by atoms with van der Waals surface area (Å²) in [6.07, 6.45) is 0. The van der Waals surface area contributed by atoms with Crippen molar-refractivity contribution in [1.82, 2.24) is 0 Å². The molecule has 0 aromatic heterocycles. The highest BCUT2D eigenvalue weighted by Gasteiger charge is 2.17. The minimum Gasteiger partial charge on any atom is -0.487 e. The molecule has 0 rings (SSSR count). The number of rotatable bonds is 1. The predicted octanol–water partition coefficient (Wildman–Crippen LogP) is 2.40. The van der Waals surface area contributed by atoms with Crippen LogP contribution in [-0.2, 0) is 4.74 Å². The van der Waals surface area contributed by atoms with Crippen molar-refractivity contribution in [3.05, 3.63) is 0 Å². The molecule has 0 heterocycles. The highest BCUT2D eigenvalue weighted by molar-refractivity contribution is 7.80. The Labute approximate surface area is 62.4 Å². The van der Waals surface area contributed by atoms with Gasteiger partial charge in [0.25, 0.3) is 0 Å². The average Bonchev–Trinajstić information content (AvgIpc) is 1.64. The molecule has 54 valence electrons. The van der Waals surface area contributed by atoms with Crippen LogP contribution in [0.3, 0.4) is 0 Å². The summed E-state index contributed by atoms with van der Waals surface area (Å²) in [7, 11) is 0. The standard InChI is InChI=1S/C7H14OS/c1-5-8-6(9)7(2,3)4/h5H2,1-4H3. The van der Waals surface area contributed by atoms with E-state index in [4.69, 9.17) is 17.0 Å². The van der Waals surface area contributed by atoms with E-state index in [1.807, 2.05) is 27.7 Å². The van der Waals surface area contributed by atoms with Gasteiger partial charge in [-0.25, -0.2) is 0 Å². The third kappa shape index (κ3) is 3.46. The quantitative estimate of drug-likeness (QED) is 0.525. The minimum absolute atomic E-state index is 0.0192. The van der Waals surface area contributed by atoms with E-state index < -0.39 is 0 Å². The summed E-state index contributed by atoms with van der Waals surface area (Å²) in [4.78, 5) is 0. The molecule has 0 aliphatic heterocycles. The van der Waals surface area contributed by atoms with E-state index in [9.17, 15) is 0 Å². The molecular weight excluding hydrogens is 132 g/mol. The fourth-order valence-corrected chi connectivity index (χ4v) is 0.465. The van der Waals surface area contributed by atoms with Crippen molar-refractivity contribution in [2.45, 2.75) is 27.7 Å². The maximum Gasteiger partial charge on any atom is 0.164 e. The molecule has 0 aliphatic rings. The summed E-state index contributed by atoms with van der Waals surface area (Å²) in [5.41, 5.74) is 0.0192. The van der Waals surface area contributed by atoms with Gasteiger partial charge >= 0.3 is 0 Å². The molecule has 0 atom stereocenters. The van der Waals surface area contributed by atoms with Gasteiger partial charge < -0.3 is 4.74 Å². The Hall–Kier alpha value is -0.110. The third-order valence-corrected chi connectivity index (χ3v) is 1.62. The van der Waals surface area contributed by atoms with Crippen LogP contribution < -0.4 is 0 Å². The molecule has 0 N–H and O–H groups in total. The molecule has 0 saturated heterocycles. The Kier molecular flexibility index (Phi) is 3.12. The molecule has 0 fully saturated rings. The topological polar surface area (TPSA) is 9.23 Å². The van der Waals surface area contributed by atoms with E-state index >= 15 is 0 Å². The van der Waals surface area contributed by atoms with Gasteiger partial charge in [-0.3, -0.25) is 0 Å². The van der Waals surface area contributed by atoms with Crippen LogP contribution in [0.1, 0.15) is 27.7 Å². The summed E-state index contributed by atoms with van der Waals surface area (Å²) < 4.78 is 5.14. The van der Waals surface area contributed by atoms with Crippen LogP contribution >= 0.6 is 12.2 Å². The molecule has 0 aromatic carbocycles. The largest absolute Gasteiger partial charge is 0.487 e. The van der Waals surface area contributed by atoms with Crippen LogP contribution in [0.15, 0.2) is 0 Å². The maximum absolute atomic E-state index is 5.14. The van der Waals surface area contributed by atoms with Gasteiger partial charge in [-0.1, -0.05) is 20.8 Å². The molecule has 0 spiro atoms. The summed E-state index contributed by atoms with van der Waals surface area (Å²) >= 11 is 4.97. The molecule has 0 aromatic rings. The van der Waals surface area contributed by atoms with Crippen molar-refractivity contribution in [3.8, 4) is 0 Å². The van der Waals surface area contributed by atoms with E-state index in [-0.39, 0.29) is 5.41 Å². The van der Waals surface area contributed by atoms with Crippen LogP contribution in [0.4, 0.5) is 0 Å². The SMILES string of the molecule is CCOC(=S)C(C)(C)C. The monoisotopic (exact) mass is 146 g/mol. The molecule has 2 heteroatoms. The van der Waals surface area contributed by atoms with Crippen molar-refractivity contribution < 1.29 is 4.74 Å². The summed E-state index contributed by atoms with van der Waals surface area (Å²) in [6, 6.07) is 0. The third-order valence-electron chi connectivity index (χ3n) is 0.888. The Morgan fingerprint density at radius 3 is 2.00 bits per heavy atom. The number of ether oxygens (including phenoxy) is 1. The van der Waals surface area contributed by atoms with Gasteiger partial charge in [-0.05, 0) is 19.1 Å². The zero-order chi connectivity index (χ0) is 7.49. The lowest BCUT2D eigenvalue weighted by molar-refractivity contribution is 0.292. The first-order valence-electron chi connectivity index (χ1n) is 3.15. The number of thiocarbonyl (C=S) groups is 1. The number of hydrogen-bond donors (Lipinski definition) is 0. The Balaban J connectivity index is 3.74. The number of hydrogen-bond acceptors (Lipinski definition) is 2. The van der Waals surface area contributed by atoms with E-state index in [1.54, 1.807) is 0 Å². The van der Waals surface area contributed by atoms with Crippen LogP contribution in [0.2, 0.25) is 0 Å². The van der Waals surface area contributed by atoms with Gasteiger partial charge in [0.1, 0.15) is 0 Å². The van der Waals surface area contributed by atoms with Gasteiger partial charge in [0.2, 0.25) is 0 Å². The van der Waals surface area contributed by atoms with Crippen LogP contribution in [0.5, 0.6) is 0 Å².